The summed E-state index contributed by atoms with van der Waals surface area (Å²) in [5, 5.41) is 0. The molecule has 0 unspecified atom stereocenters. The number of carbonyl (C=O) groups excluding carboxylic acids is 4. The lowest BCUT2D eigenvalue weighted by Gasteiger charge is -2.46. The van der Waals surface area contributed by atoms with Crippen LogP contribution in [0.3, 0.4) is 0 Å². The number of hydrogen-bond acceptors (Lipinski definition) is 10. The fourth-order valence-corrected chi connectivity index (χ4v) is 2.69. The van der Waals surface area contributed by atoms with E-state index in [-0.39, 0.29) is 6.61 Å². The molecule has 0 spiro atoms. The first kappa shape index (κ1) is 21.8. The molecule has 0 amide bonds. The van der Waals surface area contributed by atoms with Crippen molar-refractivity contribution >= 4 is 23.9 Å². The highest BCUT2D eigenvalue weighted by Crippen LogP contribution is 2.30. The number of rotatable bonds is 6. The average Bonchev–Trinajstić information content (AvgIpc) is 2.45. The van der Waals surface area contributed by atoms with Crippen LogP contribution in [0.1, 0.15) is 27.7 Å². The smallest absolute Gasteiger partial charge is 0.304 e. The number of likely N-dealkylation sites (N-methyl/N-ethyl adjacent to an activating group) is 1. The summed E-state index contributed by atoms with van der Waals surface area (Å²) in [6.45, 7) is 4.53. The van der Waals surface area contributed by atoms with Gasteiger partial charge in [-0.1, -0.05) is 0 Å². The van der Waals surface area contributed by atoms with Gasteiger partial charge in [0.2, 0.25) is 6.29 Å². The van der Waals surface area contributed by atoms with E-state index in [0.717, 1.165) is 0 Å². The molecule has 0 aliphatic carbocycles. The largest absolute Gasteiger partial charge is 0.463 e. The molecular formula is C16H25NO9. The summed E-state index contributed by atoms with van der Waals surface area (Å²) in [4.78, 5) is 47.3. The molecule has 1 heterocycles. The SMILES string of the molecule is CC(=O)OC[C@H]1O[C@@H](OC(C)=O)[C@H](N(C)C)[C@@H](OC(C)=O)[C@@H]1OC(C)=O. The fraction of sp³-hybridized carbons (Fsp3) is 0.750. The van der Waals surface area contributed by atoms with Crippen LogP contribution < -0.4 is 0 Å². The lowest BCUT2D eigenvalue weighted by atomic mass is 9.95. The molecule has 10 heteroatoms. The zero-order chi connectivity index (χ0) is 20.0. The van der Waals surface area contributed by atoms with E-state index in [0.29, 0.717) is 0 Å². The summed E-state index contributed by atoms with van der Waals surface area (Å²) >= 11 is 0. The molecule has 1 saturated heterocycles. The van der Waals surface area contributed by atoms with E-state index >= 15 is 0 Å². The molecule has 0 aromatic carbocycles. The van der Waals surface area contributed by atoms with Gasteiger partial charge in [-0.2, -0.15) is 0 Å². The minimum Gasteiger partial charge on any atom is -0.463 e. The summed E-state index contributed by atoms with van der Waals surface area (Å²) in [6.07, 6.45) is -4.19. The van der Waals surface area contributed by atoms with Gasteiger partial charge in [-0.15, -0.1) is 0 Å². The average molecular weight is 375 g/mol. The van der Waals surface area contributed by atoms with Crippen molar-refractivity contribution < 1.29 is 42.9 Å². The number of carbonyl (C=O) groups is 4. The van der Waals surface area contributed by atoms with E-state index < -0.39 is 54.5 Å². The Bertz CT molecular complexity index is 548. The number of nitrogens with zero attached hydrogens (tertiary/aromatic N) is 1. The third-order valence-electron chi connectivity index (χ3n) is 3.55. The van der Waals surface area contributed by atoms with Crippen LogP contribution in [0.5, 0.6) is 0 Å². The molecule has 1 aliphatic rings. The minimum absolute atomic E-state index is 0.275. The predicted molar refractivity (Wildman–Crippen MR) is 85.6 cm³/mol. The van der Waals surface area contributed by atoms with Gasteiger partial charge in [0.25, 0.3) is 0 Å². The lowest BCUT2D eigenvalue weighted by Crippen LogP contribution is -2.65. The van der Waals surface area contributed by atoms with Crippen LogP contribution in [0, 0.1) is 0 Å². The summed E-state index contributed by atoms with van der Waals surface area (Å²) < 4.78 is 26.5. The molecule has 0 aromatic rings. The molecule has 1 fully saturated rings. The minimum atomic E-state index is -1.13. The van der Waals surface area contributed by atoms with Crippen molar-refractivity contribution in [3.63, 3.8) is 0 Å². The van der Waals surface area contributed by atoms with Crippen molar-refractivity contribution in [3.8, 4) is 0 Å². The van der Waals surface area contributed by atoms with Gasteiger partial charge in [0.05, 0.1) is 0 Å². The van der Waals surface area contributed by atoms with Gasteiger partial charge in [0.15, 0.2) is 12.2 Å². The van der Waals surface area contributed by atoms with E-state index in [9.17, 15) is 19.2 Å². The number of esters is 4. The maximum absolute atomic E-state index is 11.6. The molecule has 0 radical (unpaired) electrons. The third kappa shape index (κ3) is 6.26. The summed E-state index contributed by atoms with van der Waals surface area (Å²) in [7, 11) is 3.33. The van der Waals surface area contributed by atoms with E-state index in [1.54, 1.807) is 19.0 Å². The van der Waals surface area contributed by atoms with Crippen molar-refractivity contribution in [1.82, 2.24) is 4.90 Å². The molecule has 0 bridgehead atoms. The van der Waals surface area contributed by atoms with Gasteiger partial charge in [0.1, 0.15) is 18.8 Å². The van der Waals surface area contributed by atoms with Crippen molar-refractivity contribution in [2.45, 2.75) is 58.3 Å². The van der Waals surface area contributed by atoms with Gasteiger partial charge in [-0.25, -0.2) is 0 Å². The van der Waals surface area contributed by atoms with Gasteiger partial charge in [-0.3, -0.25) is 24.1 Å². The Hall–Kier alpha value is -2.20. The Kier molecular flexibility index (Phi) is 7.97. The molecular weight excluding hydrogens is 350 g/mol. The van der Waals surface area contributed by atoms with Crippen LogP contribution in [0.4, 0.5) is 0 Å². The van der Waals surface area contributed by atoms with E-state index in [1.165, 1.54) is 27.7 Å². The van der Waals surface area contributed by atoms with Crippen LogP contribution in [-0.2, 0) is 42.9 Å². The Morgan fingerprint density at radius 1 is 0.808 bits per heavy atom. The zero-order valence-electron chi connectivity index (χ0n) is 15.7. The van der Waals surface area contributed by atoms with Gasteiger partial charge < -0.3 is 23.7 Å². The first-order valence-corrected chi connectivity index (χ1v) is 7.99. The van der Waals surface area contributed by atoms with Crippen molar-refractivity contribution in [2.24, 2.45) is 0 Å². The number of ether oxygens (including phenoxy) is 5. The highest BCUT2D eigenvalue weighted by molar-refractivity contribution is 5.68. The van der Waals surface area contributed by atoms with Gasteiger partial charge in [-0.05, 0) is 14.1 Å². The second kappa shape index (κ2) is 9.48. The first-order valence-electron chi connectivity index (χ1n) is 7.99. The Morgan fingerprint density at radius 2 is 1.31 bits per heavy atom. The highest BCUT2D eigenvalue weighted by atomic mass is 16.7. The summed E-state index contributed by atoms with van der Waals surface area (Å²) in [6, 6.07) is -0.749. The molecule has 0 saturated carbocycles. The maximum atomic E-state index is 11.6. The van der Waals surface area contributed by atoms with Crippen LogP contribution in [-0.4, -0.2) is 80.1 Å². The normalized spacial score (nSPS) is 28.2. The standard InChI is InChI=1S/C16H25NO9/c1-8(18)22-7-12-14(23-9(2)19)15(24-10(3)20)13(17(5)6)16(26-12)25-11(4)21/h12-16H,7H2,1-6H3/t12-,13-,14-,15-,16-/m1/s1. The van der Waals surface area contributed by atoms with E-state index in [2.05, 4.69) is 0 Å². The van der Waals surface area contributed by atoms with Crippen molar-refractivity contribution in [1.29, 1.82) is 0 Å². The van der Waals surface area contributed by atoms with E-state index in [4.69, 9.17) is 23.7 Å². The van der Waals surface area contributed by atoms with E-state index in [1.807, 2.05) is 0 Å². The molecule has 148 valence electrons. The molecule has 5 atom stereocenters. The molecule has 0 N–H and O–H groups in total. The van der Waals surface area contributed by atoms with Crippen LogP contribution in [0.2, 0.25) is 0 Å². The highest BCUT2D eigenvalue weighted by Gasteiger charge is 2.52. The number of hydrogen-bond donors (Lipinski definition) is 0. The predicted octanol–water partition coefficient (Wildman–Crippen LogP) is -0.369. The van der Waals surface area contributed by atoms with Crippen LogP contribution in [0.25, 0.3) is 0 Å². The lowest BCUT2D eigenvalue weighted by molar-refractivity contribution is -0.282. The Labute approximate surface area is 151 Å². The van der Waals surface area contributed by atoms with Crippen molar-refractivity contribution in [2.75, 3.05) is 20.7 Å². The third-order valence-corrected chi connectivity index (χ3v) is 3.55. The maximum Gasteiger partial charge on any atom is 0.304 e. The Morgan fingerprint density at radius 3 is 1.73 bits per heavy atom. The summed E-state index contributed by atoms with van der Waals surface area (Å²) in [5.74, 6) is -2.43. The van der Waals surface area contributed by atoms with Gasteiger partial charge in [0, 0.05) is 27.7 Å². The fourth-order valence-electron chi connectivity index (χ4n) is 2.69. The Balaban J connectivity index is 3.26. The molecule has 1 rings (SSSR count). The van der Waals surface area contributed by atoms with Crippen LogP contribution >= 0.6 is 0 Å². The monoisotopic (exact) mass is 375 g/mol. The topological polar surface area (TPSA) is 118 Å². The second-order valence-corrected chi connectivity index (χ2v) is 6.06. The molecule has 10 nitrogen and oxygen atoms in total. The van der Waals surface area contributed by atoms with Gasteiger partial charge >= 0.3 is 23.9 Å². The molecule has 0 aromatic heterocycles. The summed E-state index contributed by atoms with van der Waals surface area (Å²) in [5.41, 5.74) is 0. The molecule has 1 aliphatic heterocycles. The second-order valence-electron chi connectivity index (χ2n) is 6.06. The first-order chi connectivity index (χ1) is 12.0. The molecule has 26 heavy (non-hydrogen) atoms. The van der Waals surface area contributed by atoms with Crippen LogP contribution in [0.15, 0.2) is 0 Å². The van der Waals surface area contributed by atoms with Crippen molar-refractivity contribution in [3.05, 3.63) is 0 Å². The zero-order valence-corrected chi connectivity index (χ0v) is 15.7. The quantitative estimate of drug-likeness (QED) is 0.449.